The lowest BCUT2D eigenvalue weighted by Crippen LogP contribution is -2.43. The predicted molar refractivity (Wildman–Crippen MR) is 125 cm³/mol. The third-order valence-corrected chi connectivity index (χ3v) is 9.06. The molecule has 34 heavy (non-hydrogen) atoms. The fourth-order valence-electron chi connectivity index (χ4n) is 5.16. The lowest BCUT2D eigenvalue weighted by atomic mass is 9.90. The van der Waals surface area contributed by atoms with Crippen molar-refractivity contribution in [3.05, 3.63) is 59.5 Å². The molecule has 0 amide bonds. The molecule has 2 aliphatic rings. The third-order valence-electron chi connectivity index (χ3n) is 7.15. The van der Waals surface area contributed by atoms with Crippen molar-refractivity contribution in [2.75, 3.05) is 32.7 Å². The maximum Gasteiger partial charge on any atom is 0.243 e. The van der Waals surface area contributed by atoms with Gasteiger partial charge in [0.05, 0.1) is 22.2 Å². The molecule has 7 nitrogen and oxygen atoms in total. The minimum Gasteiger partial charge on any atom is -0.356 e. The van der Waals surface area contributed by atoms with Gasteiger partial charge in [0.25, 0.3) is 0 Å². The number of fused-ring (bicyclic) bond motifs is 1. The normalized spacial score (nSPS) is 19.4. The summed E-state index contributed by atoms with van der Waals surface area (Å²) in [5.74, 6) is 0.461. The fourth-order valence-corrected chi connectivity index (χ4v) is 6.63. The number of sulfonamides is 1. The lowest BCUT2D eigenvalue weighted by molar-refractivity contribution is 0.152. The maximum atomic E-state index is 13.4. The van der Waals surface area contributed by atoms with Gasteiger partial charge < -0.3 is 9.42 Å². The van der Waals surface area contributed by atoms with Gasteiger partial charge >= 0.3 is 0 Å². The topological polar surface area (TPSA) is 90.4 Å². The molecular formula is C25H27FN4O3S. The number of hydrogen-bond donors (Lipinski definition) is 0. The molecule has 0 atom stereocenters. The number of piperidine rings is 2. The number of halogens is 1. The fraction of sp³-hybridized carbons (Fsp3) is 0.440. The highest BCUT2D eigenvalue weighted by atomic mass is 32.2. The van der Waals surface area contributed by atoms with Crippen LogP contribution in [-0.2, 0) is 10.0 Å². The molecule has 178 valence electrons. The van der Waals surface area contributed by atoms with Crippen LogP contribution < -0.4 is 0 Å². The van der Waals surface area contributed by atoms with Crippen LogP contribution in [0.1, 0.15) is 42.9 Å². The first-order valence-electron chi connectivity index (χ1n) is 11.7. The summed E-state index contributed by atoms with van der Waals surface area (Å²) in [7, 11) is -3.53. The van der Waals surface area contributed by atoms with E-state index in [9.17, 15) is 12.8 Å². The van der Waals surface area contributed by atoms with E-state index >= 15 is 0 Å². The molecule has 0 aliphatic carbocycles. The smallest absolute Gasteiger partial charge is 0.243 e. The number of benzene rings is 2. The molecular weight excluding hydrogens is 455 g/mol. The van der Waals surface area contributed by atoms with E-state index in [1.54, 1.807) is 22.5 Å². The van der Waals surface area contributed by atoms with Crippen LogP contribution in [-0.4, -0.2) is 55.5 Å². The molecule has 3 heterocycles. The Balaban J connectivity index is 1.13. The summed E-state index contributed by atoms with van der Waals surface area (Å²) in [5.41, 5.74) is 1.88. The van der Waals surface area contributed by atoms with E-state index in [4.69, 9.17) is 9.78 Å². The first-order valence-corrected chi connectivity index (χ1v) is 13.2. The molecule has 0 radical (unpaired) electrons. The Morgan fingerprint density at radius 3 is 2.41 bits per heavy atom. The molecule has 5 rings (SSSR count). The van der Waals surface area contributed by atoms with Crippen molar-refractivity contribution in [2.45, 2.75) is 36.5 Å². The monoisotopic (exact) mass is 482 g/mol. The van der Waals surface area contributed by atoms with Gasteiger partial charge in [-0.15, -0.1) is 0 Å². The van der Waals surface area contributed by atoms with Gasteiger partial charge in [-0.3, -0.25) is 0 Å². The maximum absolute atomic E-state index is 13.4. The number of aromatic nitrogens is 1. The van der Waals surface area contributed by atoms with E-state index in [1.807, 2.05) is 6.07 Å². The van der Waals surface area contributed by atoms with E-state index in [0.29, 0.717) is 36.1 Å². The molecule has 2 aromatic carbocycles. The van der Waals surface area contributed by atoms with E-state index in [1.165, 1.54) is 24.3 Å². The molecule has 9 heteroatoms. The summed E-state index contributed by atoms with van der Waals surface area (Å²) in [4.78, 5) is 2.71. The predicted octanol–water partition coefficient (Wildman–Crippen LogP) is 4.12. The summed E-state index contributed by atoms with van der Waals surface area (Å²) in [6, 6.07) is 12.7. The minimum absolute atomic E-state index is 0.246. The Labute approximate surface area is 198 Å². The van der Waals surface area contributed by atoms with Gasteiger partial charge in [0.2, 0.25) is 10.0 Å². The van der Waals surface area contributed by atoms with E-state index in [2.05, 4.69) is 10.1 Å². The van der Waals surface area contributed by atoms with Crippen molar-refractivity contribution in [3.8, 4) is 6.07 Å². The highest BCUT2D eigenvalue weighted by Gasteiger charge is 2.31. The van der Waals surface area contributed by atoms with Gasteiger partial charge in [0.1, 0.15) is 5.82 Å². The van der Waals surface area contributed by atoms with Crippen molar-refractivity contribution < 1.29 is 17.3 Å². The molecule has 3 aromatic rings. The van der Waals surface area contributed by atoms with Crippen LogP contribution in [0.15, 0.2) is 51.9 Å². The standard InChI is InChI=1S/C25H27FN4O3S/c26-21-3-6-23-24(15-21)33-28-25(23)20-9-11-29(12-10-20)17-19-7-13-30(14-8-19)34(31,32)22-4-1-18(16-27)2-5-22/h1-6,15,19-20H,7-14,17H2. The molecule has 2 aliphatic heterocycles. The number of nitriles is 1. The van der Waals surface area contributed by atoms with Crippen LogP contribution in [0.25, 0.3) is 11.0 Å². The molecule has 0 unspecified atom stereocenters. The zero-order valence-electron chi connectivity index (χ0n) is 18.9. The summed E-state index contributed by atoms with van der Waals surface area (Å²) in [6.07, 6.45) is 3.64. The molecule has 2 saturated heterocycles. The zero-order chi connectivity index (χ0) is 23.7. The second-order valence-corrected chi connectivity index (χ2v) is 11.2. The Bertz CT molecular complexity index is 1300. The number of nitrogens with zero attached hydrogens (tertiary/aromatic N) is 4. The summed E-state index contributed by atoms with van der Waals surface area (Å²) < 4.78 is 46.2. The molecule has 1 aromatic heterocycles. The summed E-state index contributed by atoms with van der Waals surface area (Å²) in [5, 5.41) is 14.1. The van der Waals surface area contributed by atoms with Crippen LogP contribution in [0, 0.1) is 23.1 Å². The van der Waals surface area contributed by atoms with Crippen molar-refractivity contribution in [1.29, 1.82) is 5.26 Å². The molecule has 0 spiro atoms. The average Bonchev–Trinajstić information content (AvgIpc) is 3.28. The Hall–Kier alpha value is -2.80. The highest BCUT2D eigenvalue weighted by molar-refractivity contribution is 7.89. The van der Waals surface area contributed by atoms with Gasteiger partial charge in [-0.2, -0.15) is 9.57 Å². The first kappa shape index (κ1) is 23.0. The quantitative estimate of drug-likeness (QED) is 0.543. The van der Waals surface area contributed by atoms with E-state index < -0.39 is 10.0 Å². The van der Waals surface area contributed by atoms with Crippen LogP contribution in [0.4, 0.5) is 4.39 Å². The van der Waals surface area contributed by atoms with Gasteiger partial charge in [0.15, 0.2) is 5.58 Å². The van der Waals surface area contributed by atoms with Crippen LogP contribution in [0.3, 0.4) is 0 Å². The van der Waals surface area contributed by atoms with Gasteiger partial charge in [-0.1, -0.05) is 5.16 Å². The number of hydrogen-bond acceptors (Lipinski definition) is 6. The lowest BCUT2D eigenvalue weighted by Gasteiger charge is -2.37. The average molecular weight is 483 g/mol. The van der Waals surface area contributed by atoms with Crippen molar-refractivity contribution in [3.63, 3.8) is 0 Å². The SMILES string of the molecule is N#Cc1ccc(S(=O)(=O)N2CCC(CN3CCC(c4noc5cc(F)ccc45)CC3)CC2)cc1. The van der Waals surface area contributed by atoms with Crippen molar-refractivity contribution >= 4 is 21.0 Å². The molecule has 0 N–H and O–H groups in total. The van der Waals surface area contributed by atoms with Gasteiger partial charge in [-0.05, 0) is 81.1 Å². The molecule has 0 bridgehead atoms. The second kappa shape index (κ2) is 9.45. The van der Waals surface area contributed by atoms with Crippen molar-refractivity contribution in [1.82, 2.24) is 14.4 Å². The van der Waals surface area contributed by atoms with Gasteiger partial charge in [0, 0.05) is 37.0 Å². The van der Waals surface area contributed by atoms with E-state index in [-0.39, 0.29) is 10.7 Å². The zero-order valence-corrected chi connectivity index (χ0v) is 19.7. The largest absolute Gasteiger partial charge is 0.356 e. The van der Waals surface area contributed by atoms with Crippen LogP contribution in [0.2, 0.25) is 0 Å². The molecule has 2 fully saturated rings. The number of rotatable bonds is 5. The van der Waals surface area contributed by atoms with E-state index in [0.717, 1.165) is 56.4 Å². The summed E-state index contributed by atoms with van der Waals surface area (Å²) >= 11 is 0. The Morgan fingerprint density at radius 2 is 1.74 bits per heavy atom. The van der Waals surface area contributed by atoms with Crippen molar-refractivity contribution in [2.24, 2.45) is 5.92 Å². The van der Waals surface area contributed by atoms with Crippen LogP contribution in [0.5, 0.6) is 0 Å². The first-order chi connectivity index (χ1) is 16.4. The minimum atomic E-state index is -3.53. The highest BCUT2D eigenvalue weighted by Crippen LogP contribution is 2.33. The Kier molecular flexibility index (Phi) is 6.38. The van der Waals surface area contributed by atoms with Gasteiger partial charge in [-0.25, -0.2) is 12.8 Å². The summed E-state index contributed by atoms with van der Waals surface area (Å²) in [6.45, 7) is 3.94. The van der Waals surface area contributed by atoms with Crippen LogP contribution >= 0.6 is 0 Å². The number of likely N-dealkylation sites (tertiary alicyclic amines) is 1. The Morgan fingerprint density at radius 1 is 1.03 bits per heavy atom. The third kappa shape index (κ3) is 4.58. The molecule has 0 saturated carbocycles. The second-order valence-electron chi connectivity index (χ2n) is 9.27.